The van der Waals surface area contributed by atoms with Gasteiger partial charge in [-0.2, -0.15) is 4.68 Å². The van der Waals surface area contributed by atoms with Crippen LogP contribution < -0.4 is 5.56 Å². The molecule has 4 aromatic rings. The summed E-state index contributed by atoms with van der Waals surface area (Å²) in [5.74, 6) is -1.53. The zero-order chi connectivity index (χ0) is 18.8. The predicted molar refractivity (Wildman–Crippen MR) is 96.3 cm³/mol. The van der Waals surface area contributed by atoms with E-state index < -0.39 is 17.2 Å². The average molecular weight is 365 g/mol. The van der Waals surface area contributed by atoms with Crippen LogP contribution in [0.25, 0.3) is 22.9 Å². The van der Waals surface area contributed by atoms with Crippen LogP contribution in [0, 0.1) is 11.6 Å². The zero-order valence-electron chi connectivity index (χ0n) is 14.0. The number of benzene rings is 2. The quantitative estimate of drug-likeness (QED) is 0.558. The van der Waals surface area contributed by atoms with Crippen LogP contribution in [0.4, 0.5) is 8.78 Å². The Morgan fingerprint density at radius 3 is 2.67 bits per heavy atom. The molecule has 0 amide bonds. The first-order valence-corrected chi connectivity index (χ1v) is 8.11. The molecule has 0 fully saturated rings. The first-order valence-electron chi connectivity index (χ1n) is 8.11. The number of rotatable bonds is 4. The lowest BCUT2D eigenvalue weighted by Crippen LogP contribution is -2.20. The number of nitrogens with zero attached hydrogens (tertiary/aromatic N) is 5. The number of halogens is 2. The van der Waals surface area contributed by atoms with Gasteiger partial charge in [-0.25, -0.2) is 13.8 Å². The molecule has 0 aliphatic carbocycles. The minimum absolute atomic E-state index is 0.00864. The lowest BCUT2D eigenvalue weighted by atomic mass is 10.2. The highest BCUT2D eigenvalue weighted by Gasteiger charge is 2.15. The predicted octanol–water partition coefficient (Wildman–Crippen LogP) is 2.97. The van der Waals surface area contributed by atoms with Crippen LogP contribution in [0.15, 0.2) is 65.7 Å². The van der Waals surface area contributed by atoms with Crippen molar-refractivity contribution >= 4 is 17.2 Å². The summed E-state index contributed by atoms with van der Waals surface area (Å²) in [5.41, 5.74) is 0.694. The fourth-order valence-electron chi connectivity index (χ4n) is 2.66. The van der Waals surface area contributed by atoms with E-state index in [1.54, 1.807) is 0 Å². The van der Waals surface area contributed by atoms with E-state index in [4.69, 9.17) is 0 Å². The van der Waals surface area contributed by atoms with Gasteiger partial charge in [0.05, 0.1) is 0 Å². The van der Waals surface area contributed by atoms with Crippen molar-refractivity contribution in [1.29, 1.82) is 0 Å². The maximum atomic E-state index is 14.0. The van der Waals surface area contributed by atoms with Crippen LogP contribution in [-0.4, -0.2) is 24.5 Å². The summed E-state index contributed by atoms with van der Waals surface area (Å²) in [7, 11) is 0. The van der Waals surface area contributed by atoms with E-state index in [0.717, 1.165) is 22.4 Å². The highest BCUT2D eigenvalue weighted by Crippen LogP contribution is 2.16. The molecule has 134 valence electrons. The Labute approximate surface area is 152 Å². The Kier molecular flexibility index (Phi) is 4.29. The Balaban J connectivity index is 1.68. The van der Waals surface area contributed by atoms with Crippen LogP contribution >= 0.6 is 0 Å². The number of hydrogen-bond donors (Lipinski definition) is 0. The zero-order valence-corrected chi connectivity index (χ0v) is 14.0. The van der Waals surface area contributed by atoms with Gasteiger partial charge in [-0.1, -0.05) is 47.7 Å². The van der Waals surface area contributed by atoms with Gasteiger partial charge in [0.2, 0.25) is 0 Å². The maximum Gasteiger partial charge on any atom is 0.283 e. The standard InChI is InChI=1S/C19H13F2N5O/c20-14-8-9-16(15(21)11-14)26-18-17(23-24-26)19(27)25(12-22-18)10-4-7-13-5-2-1-3-6-13/h1-9,11-12H,10H2/b7-4+. The minimum Gasteiger partial charge on any atom is -0.293 e. The second-order valence-corrected chi connectivity index (χ2v) is 5.78. The lowest BCUT2D eigenvalue weighted by Gasteiger charge is -2.04. The van der Waals surface area contributed by atoms with E-state index in [9.17, 15) is 13.6 Å². The highest BCUT2D eigenvalue weighted by molar-refractivity contribution is 5.70. The van der Waals surface area contributed by atoms with E-state index in [0.29, 0.717) is 6.54 Å². The van der Waals surface area contributed by atoms with E-state index in [-0.39, 0.29) is 16.9 Å². The second kappa shape index (κ2) is 6.91. The molecule has 2 heterocycles. The monoisotopic (exact) mass is 365 g/mol. The molecule has 0 atom stereocenters. The van der Waals surface area contributed by atoms with E-state index in [2.05, 4.69) is 15.3 Å². The molecule has 0 radical (unpaired) electrons. The molecule has 2 aromatic carbocycles. The summed E-state index contributed by atoms with van der Waals surface area (Å²) in [5, 5.41) is 7.61. The molecule has 8 heteroatoms. The van der Waals surface area contributed by atoms with Gasteiger partial charge in [-0.05, 0) is 17.7 Å². The van der Waals surface area contributed by atoms with Crippen molar-refractivity contribution in [1.82, 2.24) is 24.5 Å². The summed E-state index contributed by atoms with van der Waals surface area (Å²) in [6, 6.07) is 12.7. The normalized spacial score (nSPS) is 11.5. The molecule has 0 saturated heterocycles. The van der Waals surface area contributed by atoms with Crippen LogP contribution in [0.1, 0.15) is 5.56 Å². The van der Waals surface area contributed by atoms with Crippen molar-refractivity contribution < 1.29 is 8.78 Å². The number of fused-ring (bicyclic) bond motifs is 1. The third kappa shape index (κ3) is 3.24. The molecule has 0 unspecified atom stereocenters. The van der Waals surface area contributed by atoms with Crippen molar-refractivity contribution in [2.45, 2.75) is 6.54 Å². The van der Waals surface area contributed by atoms with Crippen LogP contribution in [0.3, 0.4) is 0 Å². The topological polar surface area (TPSA) is 65.6 Å². The van der Waals surface area contributed by atoms with E-state index in [1.165, 1.54) is 17.0 Å². The molecule has 0 N–H and O–H groups in total. The van der Waals surface area contributed by atoms with Crippen LogP contribution in [0.2, 0.25) is 0 Å². The summed E-state index contributed by atoms with van der Waals surface area (Å²) >= 11 is 0. The van der Waals surface area contributed by atoms with Gasteiger partial charge in [0.1, 0.15) is 17.8 Å². The summed E-state index contributed by atoms with van der Waals surface area (Å²) in [4.78, 5) is 16.7. The molecule has 0 aliphatic rings. The largest absolute Gasteiger partial charge is 0.293 e. The smallest absolute Gasteiger partial charge is 0.283 e. The summed E-state index contributed by atoms with van der Waals surface area (Å²) in [6.07, 6.45) is 5.07. The minimum atomic E-state index is -0.821. The molecule has 4 rings (SSSR count). The average Bonchev–Trinajstić information content (AvgIpc) is 3.09. The van der Waals surface area contributed by atoms with Crippen molar-refractivity contribution in [3.8, 4) is 5.69 Å². The van der Waals surface area contributed by atoms with Gasteiger partial charge in [-0.3, -0.25) is 9.36 Å². The SMILES string of the molecule is O=c1c2nnn(-c3ccc(F)cc3F)c2ncn1C/C=C/c1ccccc1. The van der Waals surface area contributed by atoms with Crippen molar-refractivity contribution in [3.05, 3.63) is 88.5 Å². The highest BCUT2D eigenvalue weighted by atomic mass is 19.1. The fourth-order valence-corrected chi connectivity index (χ4v) is 2.66. The van der Waals surface area contributed by atoms with Gasteiger partial charge >= 0.3 is 0 Å². The van der Waals surface area contributed by atoms with Gasteiger partial charge in [0, 0.05) is 12.6 Å². The molecular formula is C19H13F2N5O. The Morgan fingerprint density at radius 2 is 1.89 bits per heavy atom. The van der Waals surface area contributed by atoms with Crippen molar-refractivity contribution in [2.75, 3.05) is 0 Å². The molecular weight excluding hydrogens is 352 g/mol. The third-order valence-corrected chi connectivity index (χ3v) is 3.98. The van der Waals surface area contributed by atoms with Crippen LogP contribution in [0.5, 0.6) is 0 Å². The summed E-state index contributed by atoms with van der Waals surface area (Å²) < 4.78 is 29.6. The van der Waals surface area contributed by atoms with Gasteiger partial charge < -0.3 is 0 Å². The number of hydrogen-bond acceptors (Lipinski definition) is 4. The molecule has 0 aliphatic heterocycles. The maximum absolute atomic E-state index is 14.0. The Bertz CT molecular complexity index is 1200. The molecule has 0 spiro atoms. The number of aromatic nitrogens is 5. The van der Waals surface area contributed by atoms with Gasteiger partial charge in [-0.15, -0.1) is 5.10 Å². The van der Waals surface area contributed by atoms with Gasteiger partial charge in [0.15, 0.2) is 17.0 Å². The first kappa shape index (κ1) is 16.8. The fraction of sp³-hybridized carbons (Fsp3) is 0.0526. The summed E-state index contributed by atoms with van der Waals surface area (Å²) in [6.45, 7) is 0.300. The molecule has 0 saturated carbocycles. The Morgan fingerprint density at radius 1 is 1.07 bits per heavy atom. The van der Waals surface area contributed by atoms with Crippen molar-refractivity contribution in [2.24, 2.45) is 0 Å². The first-order chi connectivity index (χ1) is 13.1. The lowest BCUT2D eigenvalue weighted by molar-refractivity contribution is 0.573. The van der Waals surface area contributed by atoms with Crippen LogP contribution in [-0.2, 0) is 6.54 Å². The van der Waals surface area contributed by atoms with Gasteiger partial charge in [0.25, 0.3) is 5.56 Å². The van der Waals surface area contributed by atoms with E-state index >= 15 is 0 Å². The third-order valence-electron chi connectivity index (χ3n) is 3.98. The van der Waals surface area contributed by atoms with E-state index in [1.807, 2.05) is 42.5 Å². The molecule has 0 bridgehead atoms. The Hall–Kier alpha value is -3.68. The second-order valence-electron chi connectivity index (χ2n) is 5.78. The molecule has 27 heavy (non-hydrogen) atoms. The number of allylic oxidation sites excluding steroid dienone is 1. The van der Waals surface area contributed by atoms with Crippen molar-refractivity contribution in [3.63, 3.8) is 0 Å². The molecule has 6 nitrogen and oxygen atoms in total. The molecule has 2 aromatic heterocycles.